The van der Waals surface area contributed by atoms with Gasteiger partial charge in [0.25, 0.3) is 11.6 Å². The van der Waals surface area contributed by atoms with E-state index in [9.17, 15) is 14.9 Å². The second kappa shape index (κ2) is 5.76. The van der Waals surface area contributed by atoms with Gasteiger partial charge in [-0.25, -0.2) is 4.98 Å². The van der Waals surface area contributed by atoms with Crippen LogP contribution in [0.1, 0.15) is 10.4 Å². The zero-order valence-electron chi connectivity index (χ0n) is 12.1. The molecule has 2 N–H and O–H groups in total. The van der Waals surface area contributed by atoms with Gasteiger partial charge in [-0.2, -0.15) is 0 Å². The van der Waals surface area contributed by atoms with Crippen molar-refractivity contribution in [2.24, 2.45) is 0 Å². The number of nitro groups is 1. The number of carbonyl (C=O) groups excluding carboxylic acids is 1. The summed E-state index contributed by atoms with van der Waals surface area (Å²) in [5.41, 5.74) is 1.54. The van der Waals surface area contributed by atoms with Crippen molar-refractivity contribution in [3.63, 3.8) is 0 Å². The number of rotatable bonds is 4. The molecule has 0 spiro atoms. The molecular weight excluding hydrogens is 300 g/mol. The number of non-ortho nitro benzene ring substituents is 1. The molecule has 8 nitrogen and oxygen atoms in total. The first-order chi connectivity index (χ1) is 11.1. The van der Waals surface area contributed by atoms with Crippen molar-refractivity contribution >= 4 is 28.6 Å². The summed E-state index contributed by atoms with van der Waals surface area (Å²) in [6.07, 6.45) is 0. The minimum atomic E-state index is -0.552. The molecule has 0 fully saturated rings. The van der Waals surface area contributed by atoms with Gasteiger partial charge in [0.1, 0.15) is 5.75 Å². The van der Waals surface area contributed by atoms with Gasteiger partial charge < -0.3 is 9.72 Å². The first kappa shape index (κ1) is 14.5. The topological polar surface area (TPSA) is 110 Å². The van der Waals surface area contributed by atoms with Crippen molar-refractivity contribution in [3.8, 4) is 5.75 Å². The fourth-order valence-electron chi connectivity index (χ4n) is 2.17. The van der Waals surface area contributed by atoms with Crippen LogP contribution in [-0.4, -0.2) is 27.9 Å². The Morgan fingerprint density at radius 2 is 2.09 bits per heavy atom. The number of fused-ring (bicyclic) bond motifs is 1. The first-order valence-corrected chi connectivity index (χ1v) is 6.67. The third-order valence-electron chi connectivity index (χ3n) is 3.26. The maximum atomic E-state index is 12.3. The van der Waals surface area contributed by atoms with Crippen LogP contribution in [-0.2, 0) is 0 Å². The Hall–Kier alpha value is -3.42. The van der Waals surface area contributed by atoms with Crippen molar-refractivity contribution in [1.29, 1.82) is 0 Å². The zero-order valence-corrected chi connectivity index (χ0v) is 12.1. The quantitative estimate of drug-likeness (QED) is 0.568. The van der Waals surface area contributed by atoms with Crippen molar-refractivity contribution < 1.29 is 14.5 Å². The Bertz CT molecular complexity index is 870. The van der Waals surface area contributed by atoms with Crippen molar-refractivity contribution in [3.05, 3.63) is 58.1 Å². The summed E-state index contributed by atoms with van der Waals surface area (Å²) in [6.45, 7) is 0. The number of imidazole rings is 1. The van der Waals surface area contributed by atoms with Gasteiger partial charge in [-0.15, -0.1) is 0 Å². The van der Waals surface area contributed by atoms with Gasteiger partial charge in [0.05, 0.1) is 34.7 Å². The number of amides is 1. The summed E-state index contributed by atoms with van der Waals surface area (Å²) in [4.78, 5) is 29.8. The fourth-order valence-corrected chi connectivity index (χ4v) is 2.17. The number of carbonyl (C=O) groups is 1. The van der Waals surface area contributed by atoms with Crippen LogP contribution in [0.5, 0.6) is 5.75 Å². The van der Waals surface area contributed by atoms with Crippen LogP contribution in [0.25, 0.3) is 11.0 Å². The maximum absolute atomic E-state index is 12.3. The van der Waals surface area contributed by atoms with E-state index in [1.807, 2.05) is 24.3 Å². The Morgan fingerprint density at radius 1 is 1.30 bits per heavy atom. The molecule has 2 aromatic carbocycles. The number of nitrogens with one attached hydrogen (secondary N) is 2. The summed E-state index contributed by atoms with van der Waals surface area (Å²) in [6, 6.07) is 11.1. The van der Waals surface area contributed by atoms with Crippen molar-refractivity contribution in [2.45, 2.75) is 0 Å². The number of ether oxygens (including phenoxy) is 1. The molecular formula is C15H12N4O4. The van der Waals surface area contributed by atoms with Crippen LogP contribution in [0.3, 0.4) is 0 Å². The number of nitrogens with zero attached hydrogens (tertiary/aromatic N) is 2. The Labute approximate surface area is 130 Å². The van der Waals surface area contributed by atoms with Crippen molar-refractivity contribution in [2.75, 3.05) is 12.4 Å². The lowest BCUT2D eigenvalue weighted by Gasteiger charge is -2.07. The highest BCUT2D eigenvalue weighted by Crippen LogP contribution is 2.25. The van der Waals surface area contributed by atoms with E-state index in [0.717, 1.165) is 11.0 Å². The maximum Gasteiger partial charge on any atom is 0.273 e. The lowest BCUT2D eigenvalue weighted by Crippen LogP contribution is -2.14. The molecule has 3 aromatic rings. The third-order valence-corrected chi connectivity index (χ3v) is 3.26. The van der Waals surface area contributed by atoms with Crippen LogP contribution < -0.4 is 10.1 Å². The van der Waals surface area contributed by atoms with E-state index in [-0.39, 0.29) is 22.9 Å². The lowest BCUT2D eigenvalue weighted by atomic mass is 10.1. The summed E-state index contributed by atoms with van der Waals surface area (Å²) in [5.74, 6) is -0.0692. The van der Waals surface area contributed by atoms with Gasteiger partial charge in [-0.1, -0.05) is 12.1 Å². The molecule has 1 aromatic heterocycles. The molecule has 1 heterocycles. The number of H-pyrrole nitrogens is 1. The Morgan fingerprint density at radius 3 is 2.78 bits per heavy atom. The number of hydrogen-bond acceptors (Lipinski definition) is 5. The smallest absolute Gasteiger partial charge is 0.273 e. The minimum absolute atomic E-state index is 0.118. The second-order valence-electron chi connectivity index (χ2n) is 4.70. The summed E-state index contributed by atoms with van der Waals surface area (Å²) >= 11 is 0. The van der Waals surface area contributed by atoms with Gasteiger partial charge in [0, 0.05) is 6.07 Å². The fraction of sp³-hybridized carbons (Fsp3) is 0.0667. The number of aromatic amines is 1. The molecule has 23 heavy (non-hydrogen) atoms. The first-order valence-electron chi connectivity index (χ1n) is 6.67. The average molecular weight is 312 g/mol. The third kappa shape index (κ3) is 2.82. The molecule has 3 rings (SSSR count). The van der Waals surface area contributed by atoms with E-state index in [0.29, 0.717) is 0 Å². The number of benzene rings is 2. The molecule has 8 heteroatoms. The summed E-state index contributed by atoms with van der Waals surface area (Å²) in [5, 5.41) is 13.4. The minimum Gasteiger partial charge on any atom is -0.496 e. The highest BCUT2D eigenvalue weighted by Gasteiger charge is 2.18. The number of hydrogen-bond donors (Lipinski definition) is 2. The summed E-state index contributed by atoms with van der Waals surface area (Å²) in [7, 11) is 1.34. The Kier molecular flexibility index (Phi) is 3.63. The van der Waals surface area contributed by atoms with E-state index in [2.05, 4.69) is 15.3 Å². The van der Waals surface area contributed by atoms with Gasteiger partial charge in [-0.05, 0) is 18.2 Å². The second-order valence-corrected chi connectivity index (χ2v) is 4.70. The molecule has 0 bridgehead atoms. The van der Waals surface area contributed by atoms with Crippen LogP contribution in [0.4, 0.5) is 11.6 Å². The van der Waals surface area contributed by atoms with E-state index in [1.165, 1.54) is 25.3 Å². The average Bonchev–Trinajstić information content (AvgIpc) is 2.96. The summed E-state index contributed by atoms with van der Waals surface area (Å²) < 4.78 is 5.06. The number of methoxy groups -OCH3 is 1. The molecule has 0 saturated heterocycles. The van der Waals surface area contributed by atoms with Gasteiger partial charge in [-0.3, -0.25) is 20.2 Å². The highest BCUT2D eigenvalue weighted by molar-refractivity contribution is 6.06. The molecule has 0 aliphatic heterocycles. The highest BCUT2D eigenvalue weighted by atomic mass is 16.6. The molecule has 0 aliphatic rings. The van der Waals surface area contributed by atoms with Crippen LogP contribution in [0.15, 0.2) is 42.5 Å². The predicted molar refractivity (Wildman–Crippen MR) is 83.7 cm³/mol. The van der Waals surface area contributed by atoms with Gasteiger partial charge in [0.2, 0.25) is 5.95 Å². The number of aromatic nitrogens is 2. The van der Waals surface area contributed by atoms with Gasteiger partial charge >= 0.3 is 0 Å². The van der Waals surface area contributed by atoms with E-state index in [1.54, 1.807) is 0 Å². The molecule has 0 saturated carbocycles. The monoisotopic (exact) mass is 312 g/mol. The molecule has 116 valence electrons. The molecule has 0 radical (unpaired) electrons. The van der Waals surface area contributed by atoms with E-state index >= 15 is 0 Å². The Balaban J connectivity index is 1.89. The van der Waals surface area contributed by atoms with E-state index < -0.39 is 10.8 Å². The van der Waals surface area contributed by atoms with E-state index in [4.69, 9.17) is 4.74 Å². The number of anilines is 1. The number of para-hydroxylation sites is 2. The molecule has 1 amide bonds. The van der Waals surface area contributed by atoms with Crippen molar-refractivity contribution in [1.82, 2.24) is 9.97 Å². The molecule has 0 aliphatic carbocycles. The van der Waals surface area contributed by atoms with Crippen LogP contribution in [0.2, 0.25) is 0 Å². The normalized spacial score (nSPS) is 10.5. The van der Waals surface area contributed by atoms with Crippen LogP contribution >= 0.6 is 0 Å². The zero-order chi connectivity index (χ0) is 16.4. The molecule has 0 atom stereocenters. The number of nitro benzene ring substituents is 1. The standard InChI is InChI=1S/C15H12N4O4/c1-23-13-8-9(19(21)22)6-7-10(13)14(20)18-15-16-11-4-2-3-5-12(11)17-15/h2-8H,1H3,(H2,16,17,18,20). The lowest BCUT2D eigenvalue weighted by molar-refractivity contribution is -0.384. The molecule has 0 unspecified atom stereocenters. The van der Waals surface area contributed by atoms with Gasteiger partial charge in [0.15, 0.2) is 0 Å². The predicted octanol–water partition coefficient (Wildman–Crippen LogP) is 2.73. The SMILES string of the molecule is COc1cc([N+](=O)[O-])ccc1C(=O)Nc1nc2ccccc2[nH]1. The van der Waals surface area contributed by atoms with Crippen LogP contribution in [0, 0.1) is 10.1 Å². The largest absolute Gasteiger partial charge is 0.496 e.